The molecule has 6 heteroatoms. The topological polar surface area (TPSA) is 37.8 Å². The molecule has 112 valence electrons. The van der Waals surface area contributed by atoms with Crippen molar-refractivity contribution in [2.24, 2.45) is 0 Å². The van der Waals surface area contributed by atoms with Crippen molar-refractivity contribution in [2.45, 2.75) is 25.6 Å². The molecule has 0 aliphatic heterocycles. The predicted molar refractivity (Wildman–Crippen MR) is 73.6 cm³/mol. The Hall–Kier alpha value is -1.95. The Kier molecular flexibility index (Phi) is 4.90. The number of hydrogen-bond acceptors (Lipinski definition) is 3. The highest BCUT2D eigenvalue weighted by molar-refractivity contribution is 5.26. The number of nitrogens with one attached hydrogen (secondary N) is 1. The summed E-state index contributed by atoms with van der Waals surface area (Å²) < 4.78 is 38.2. The predicted octanol–water partition coefficient (Wildman–Crippen LogP) is 3.39. The van der Waals surface area contributed by atoms with Gasteiger partial charge in [0.1, 0.15) is 5.82 Å². The number of likely N-dealkylation sites (N-methyl/N-ethyl adjacent to an activating group) is 1. The molecular formula is C15H16F3N3. The number of hydrogen-bond donors (Lipinski definition) is 1. The van der Waals surface area contributed by atoms with E-state index in [0.29, 0.717) is 24.4 Å². The fraction of sp³-hybridized carbons (Fsp3) is 0.333. The molecule has 0 saturated carbocycles. The number of halogens is 3. The minimum Gasteiger partial charge on any atom is -0.307 e. The summed E-state index contributed by atoms with van der Waals surface area (Å²) in [6.07, 6.45) is -0.674. The average molecular weight is 295 g/mol. The first-order valence-corrected chi connectivity index (χ1v) is 6.67. The summed E-state index contributed by atoms with van der Waals surface area (Å²) in [5.41, 5.74) is -0.0348. The van der Waals surface area contributed by atoms with Crippen LogP contribution in [0.3, 0.4) is 0 Å². The van der Waals surface area contributed by atoms with E-state index < -0.39 is 11.7 Å². The molecule has 0 radical (unpaired) electrons. The molecule has 1 heterocycles. The molecule has 1 aromatic carbocycles. The molecule has 21 heavy (non-hydrogen) atoms. The normalized spacial score (nSPS) is 13.1. The zero-order chi connectivity index (χ0) is 15.3. The molecule has 3 nitrogen and oxygen atoms in total. The van der Waals surface area contributed by atoms with E-state index >= 15 is 0 Å². The van der Waals surface area contributed by atoms with E-state index in [-0.39, 0.29) is 6.04 Å². The molecule has 1 N–H and O–H groups in total. The molecule has 2 rings (SSSR count). The van der Waals surface area contributed by atoms with Gasteiger partial charge in [0, 0.05) is 12.4 Å². The Morgan fingerprint density at radius 2 is 1.86 bits per heavy atom. The number of alkyl halides is 3. The molecule has 0 bridgehead atoms. The summed E-state index contributed by atoms with van der Waals surface area (Å²) in [4.78, 5) is 8.34. The number of benzene rings is 1. The number of aromatic nitrogens is 2. The standard InChI is InChI=1S/C15H16F3N3/c1-2-19-13(14-20-7-4-8-21-14)10-11-5-3-6-12(9-11)15(16,17)18/h3-9,13,19H,2,10H2,1H3. The van der Waals surface area contributed by atoms with Gasteiger partial charge in [0.25, 0.3) is 0 Å². The van der Waals surface area contributed by atoms with E-state index in [4.69, 9.17) is 0 Å². The van der Waals surface area contributed by atoms with Crippen LogP contribution in [0.5, 0.6) is 0 Å². The Morgan fingerprint density at radius 3 is 2.48 bits per heavy atom. The molecule has 0 aliphatic carbocycles. The summed E-state index contributed by atoms with van der Waals surface area (Å²) in [6.45, 7) is 2.62. The summed E-state index contributed by atoms with van der Waals surface area (Å²) >= 11 is 0. The van der Waals surface area contributed by atoms with E-state index in [1.807, 2.05) is 6.92 Å². The third kappa shape index (κ3) is 4.26. The molecule has 0 amide bonds. The van der Waals surface area contributed by atoms with E-state index in [2.05, 4.69) is 15.3 Å². The van der Waals surface area contributed by atoms with Gasteiger partial charge < -0.3 is 5.32 Å². The van der Waals surface area contributed by atoms with Gasteiger partial charge in [-0.1, -0.05) is 25.1 Å². The lowest BCUT2D eigenvalue weighted by atomic mass is 10.0. The molecule has 2 aromatic rings. The fourth-order valence-electron chi connectivity index (χ4n) is 2.10. The first-order chi connectivity index (χ1) is 10.0. The number of nitrogens with zero attached hydrogens (tertiary/aromatic N) is 2. The van der Waals surface area contributed by atoms with Crippen molar-refractivity contribution in [2.75, 3.05) is 6.54 Å². The van der Waals surface area contributed by atoms with Gasteiger partial charge in [-0.15, -0.1) is 0 Å². The molecular weight excluding hydrogens is 279 g/mol. The lowest BCUT2D eigenvalue weighted by Crippen LogP contribution is -2.25. The number of rotatable bonds is 5. The Morgan fingerprint density at radius 1 is 1.14 bits per heavy atom. The molecule has 0 spiro atoms. The highest BCUT2D eigenvalue weighted by Gasteiger charge is 2.30. The van der Waals surface area contributed by atoms with Crippen LogP contribution >= 0.6 is 0 Å². The maximum Gasteiger partial charge on any atom is 0.416 e. The van der Waals surface area contributed by atoms with E-state index in [1.165, 1.54) is 12.1 Å². The zero-order valence-corrected chi connectivity index (χ0v) is 11.6. The van der Waals surface area contributed by atoms with Gasteiger partial charge in [0.15, 0.2) is 0 Å². The second kappa shape index (κ2) is 6.67. The van der Waals surface area contributed by atoms with Crippen LogP contribution in [0.2, 0.25) is 0 Å². The Balaban J connectivity index is 2.21. The van der Waals surface area contributed by atoms with Crippen LogP contribution in [0.15, 0.2) is 42.7 Å². The summed E-state index contributed by atoms with van der Waals surface area (Å²) in [6, 6.07) is 6.85. The van der Waals surface area contributed by atoms with Gasteiger partial charge in [-0.2, -0.15) is 13.2 Å². The van der Waals surface area contributed by atoms with Gasteiger partial charge in [0.05, 0.1) is 11.6 Å². The highest BCUT2D eigenvalue weighted by Crippen LogP contribution is 2.30. The monoisotopic (exact) mass is 295 g/mol. The van der Waals surface area contributed by atoms with Gasteiger partial charge in [-0.25, -0.2) is 9.97 Å². The first kappa shape index (κ1) is 15.4. The minimum atomic E-state index is -4.33. The van der Waals surface area contributed by atoms with Crippen LogP contribution in [-0.4, -0.2) is 16.5 Å². The molecule has 1 aromatic heterocycles. The summed E-state index contributed by atoms with van der Waals surface area (Å²) in [5.74, 6) is 0.580. The maximum absolute atomic E-state index is 12.7. The van der Waals surface area contributed by atoms with E-state index in [1.54, 1.807) is 24.5 Å². The Labute approximate surface area is 121 Å². The summed E-state index contributed by atoms with van der Waals surface area (Å²) in [5, 5.41) is 3.20. The van der Waals surface area contributed by atoms with Crippen molar-refractivity contribution in [1.29, 1.82) is 0 Å². The highest BCUT2D eigenvalue weighted by atomic mass is 19.4. The lowest BCUT2D eigenvalue weighted by Gasteiger charge is -2.17. The van der Waals surface area contributed by atoms with Crippen molar-refractivity contribution in [3.8, 4) is 0 Å². The van der Waals surface area contributed by atoms with Crippen LogP contribution in [0.1, 0.15) is 29.9 Å². The molecule has 0 aliphatic rings. The quantitative estimate of drug-likeness (QED) is 0.919. The third-order valence-electron chi connectivity index (χ3n) is 3.04. The van der Waals surface area contributed by atoms with E-state index in [9.17, 15) is 13.2 Å². The lowest BCUT2D eigenvalue weighted by molar-refractivity contribution is -0.137. The largest absolute Gasteiger partial charge is 0.416 e. The second-order valence-electron chi connectivity index (χ2n) is 4.62. The Bertz CT molecular complexity index is 570. The third-order valence-corrected chi connectivity index (χ3v) is 3.04. The van der Waals surface area contributed by atoms with Gasteiger partial charge in [-0.3, -0.25) is 0 Å². The van der Waals surface area contributed by atoms with Crippen LogP contribution in [0.4, 0.5) is 13.2 Å². The van der Waals surface area contributed by atoms with Crippen LogP contribution in [0, 0.1) is 0 Å². The molecule has 1 unspecified atom stereocenters. The van der Waals surface area contributed by atoms with Crippen molar-refractivity contribution < 1.29 is 13.2 Å². The van der Waals surface area contributed by atoms with Gasteiger partial charge >= 0.3 is 6.18 Å². The van der Waals surface area contributed by atoms with E-state index in [0.717, 1.165) is 6.07 Å². The van der Waals surface area contributed by atoms with Crippen molar-refractivity contribution >= 4 is 0 Å². The first-order valence-electron chi connectivity index (χ1n) is 6.67. The second-order valence-corrected chi connectivity index (χ2v) is 4.62. The van der Waals surface area contributed by atoms with Crippen molar-refractivity contribution in [3.63, 3.8) is 0 Å². The molecule has 0 fully saturated rings. The van der Waals surface area contributed by atoms with Gasteiger partial charge in [-0.05, 0) is 30.7 Å². The molecule has 0 saturated heterocycles. The molecule has 1 atom stereocenters. The van der Waals surface area contributed by atoms with Gasteiger partial charge in [0.2, 0.25) is 0 Å². The average Bonchev–Trinajstić information content (AvgIpc) is 2.47. The smallest absolute Gasteiger partial charge is 0.307 e. The minimum absolute atomic E-state index is 0.209. The van der Waals surface area contributed by atoms with Crippen molar-refractivity contribution in [1.82, 2.24) is 15.3 Å². The van der Waals surface area contributed by atoms with Crippen LogP contribution < -0.4 is 5.32 Å². The SMILES string of the molecule is CCNC(Cc1cccc(C(F)(F)F)c1)c1ncccn1. The van der Waals surface area contributed by atoms with Crippen LogP contribution in [0.25, 0.3) is 0 Å². The fourth-order valence-corrected chi connectivity index (χ4v) is 2.10. The van der Waals surface area contributed by atoms with Crippen LogP contribution in [-0.2, 0) is 12.6 Å². The summed E-state index contributed by atoms with van der Waals surface area (Å²) in [7, 11) is 0. The maximum atomic E-state index is 12.7. The zero-order valence-electron chi connectivity index (χ0n) is 11.6. The van der Waals surface area contributed by atoms with Crippen molar-refractivity contribution in [3.05, 3.63) is 59.7 Å².